The first-order chi connectivity index (χ1) is 9.69. The molecule has 0 radical (unpaired) electrons. The van der Waals surface area contributed by atoms with Crippen LogP contribution in [0.3, 0.4) is 0 Å². The van der Waals surface area contributed by atoms with E-state index in [4.69, 9.17) is 4.98 Å². The summed E-state index contributed by atoms with van der Waals surface area (Å²) in [6, 6.07) is 0. The Bertz CT molecular complexity index is 583. The Morgan fingerprint density at radius 2 is 1.90 bits per heavy atom. The fourth-order valence-electron chi connectivity index (χ4n) is 2.32. The number of hydrogen-bond donors (Lipinski definition) is 1. The van der Waals surface area contributed by atoms with Crippen molar-refractivity contribution in [2.75, 3.05) is 30.4 Å². The molecule has 1 aliphatic rings. The molecule has 0 aromatic carbocycles. The van der Waals surface area contributed by atoms with Crippen LogP contribution >= 0.6 is 22.7 Å². The van der Waals surface area contributed by atoms with Gasteiger partial charge in [-0.3, -0.25) is 0 Å². The predicted molar refractivity (Wildman–Crippen MR) is 86.1 cm³/mol. The molecule has 20 heavy (non-hydrogen) atoms. The average Bonchev–Trinajstić information content (AvgIpc) is 3.17. The topological polar surface area (TPSA) is 53.9 Å². The first-order valence-corrected chi connectivity index (χ1v) is 8.59. The van der Waals surface area contributed by atoms with Gasteiger partial charge in [0, 0.05) is 20.1 Å². The number of aromatic nitrogens is 3. The summed E-state index contributed by atoms with van der Waals surface area (Å²) >= 11 is 3.35. The van der Waals surface area contributed by atoms with Crippen LogP contribution in [0.2, 0.25) is 0 Å². The Kier molecular flexibility index (Phi) is 3.89. The first-order valence-electron chi connectivity index (χ1n) is 6.96. The maximum Gasteiger partial charge on any atom is 0.205 e. The van der Waals surface area contributed by atoms with Crippen molar-refractivity contribution in [2.24, 2.45) is 0 Å². The molecular weight excluding hydrogens is 290 g/mol. The first kappa shape index (κ1) is 13.8. The second kappa shape index (κ2) is 5.65. The molecular formula is C13H19N5S2. The summed E-state index contributed by atoms with van der Waals surface area (Å²) < 4.78 is 0. The minimum Gasteiger partial charge on any atom is -0.363 e. The van der Waals surface area contributed by atoms with E-state index in [1.165, 1.54) is 17.7 Å². The number of hydrogen-bond acceptors (Lipinski definition) is 7. The van der Waals surface area contributed by atoms with Gasteiger partial charge in [-0.1, -0.05) is 36.5 Å². The zero-order chi connectivity index (χ0) is 14.1. The standard InChI is InChI=1S/C13H19N5S2/c1-8(2)9-10(11-16-17-12(14-3)20-11)19-13(15-9)18-6-4-5-7-18/h8H,4-7H2,1-3H3,(H,14,17). The van der Waals surface area contributed by atoms with E-state index in [2.05, 4.69) is 34.3 Å². The van der Waals surface area contributed by atoms with Crippen molar-refractivity contribution < 1.29 is 0 Å². The van der Waals surface area contributed by atoms with Gasteiger partial charge in [0.05, 0.1) is 10.6 Å². The summed E-state index contributed by atoms with van der Waals surface area (Å²) in [5, 5.41) is 14.5. The summed E-state index contributed by atoms with van der Waals surface area (Å²) in [4.78, 5) is 8.44. The average molecular weight is 309 g/mol. The number of thiazole rings is 1. The zero-order valence-corrected chi connectivity index (χ0v) is 13.6. The van der Waals surface area contributed by atoms with Crippen molar-refractivity contribution in [3.8, 4) is 9.88 Å². The molecule has 1 fully saturated rings. The van der Waals surface area contributed by atoms with Gasteiger partial charge >= 0.3 is 0 Å². The molecule has 2 aromatic heterocycles. The summed E-state index contributed by atoms with van der Waals surface area (Å²) in [6.45, 7) is 6.63. The van der Waals surface area contributed by atoms with Crippen LogP contribution in [0.4, 0.5) is 10.3 Å². The molecule has 1 saturated heterocycles. The van der Waals surface area contributed by atoms with E-state index >= 15 is 0 Å². The summed E-state index contributed by atoms with van der Waals surface area (Å²) in [5.74, 6) is 0.402. The molecule has 0 saturated carbocycles. The van der Waals surface area contributed by atoms with Gasteiger partial charge in [-0.25, -0.2) is 4.98 Å². The predicted octanol–water partition coefficient (Wildman–Crippen LogP) is 3.43. The maximum atomic E-state index is 4.87. The van der Waals surface area contributed by atoms with Gasteiger partial charge in [0.25, 0.3) is 0 Å². The van der Waals surface area contributed by atoms with Crippen LogP contribution in [0.5, 0.6) is 0 Å². The largest absolute Gasteiger partial charge is 0.363 e. The number of nitrogens with zero attached hydrogens (tertiary/aromatic N) is 4. The summed E-state index contributed by atoms with van der Waals surface area (Å²) in [5.41, 5.74) is 1.15. The fraction of sp³-hybridized carbons (Fsp3) is 0.615. The second-order valence-corrected chi connectivity index (χ2v) is 7.18. The van der Waals surface area contributed by atoms with Crippen LogP contribution in [0.15, 0.2) is 0 Å². The van der Waals surface area contributed by atoms with E-state index < -0.39 is 0 Å². The van der Waals surface area contributed by atoms with E-state index in [1.54, 1.807) is 22.7 Å². The van der Waals surface area contributed by atoms with Gasteiger partial charge in [0.15, 0.2) is 10.1 Å². The second-order valence-electron chi connectivity index (χ2n) is 5.22. The van der Waals surface area contributed by atoms with Crippen molar-refractivity contribution >= 4 is 32.9 Å². The third kappa shape index (κ3) is 2.52. The van der Waals surface area contributed by atoms with Crippen molar-refractivity contribution in [2.45, 2.75) is 32.6 Å². The van der Waals surface area contributed by atoms with Crippen LogP contribution in [0.25, 0.3) is 9.88 Å². The molecule has 3 rings (SSSR count). The molecule has 3 heterocycles. The van der Waals surface area contributed by atoms with E-state index in [0.717, 1.165) is 34.1 Å². The zero-order valence-electron chi connectivity index (χ0n) is 12.0. The number of anilines is 2. The van der Waals surface area contributed by atoms with Crippen molar-refractivity contribution in [3.63, 3.8) is 0 Å². The molecule has 0 aliphatic carbocycles. The lowest BCUT2D eigenvalue weighted by Gasteiger charge is -2.12. The van der Waals surface area contributed by atoms with Crippen molar-refractivity contribution in [3.05, 3.63) is 5.69 Å². The van der Waals surface area contributed by atoms with Crippen LogP contribution in [-0.2, 0) is 0 Å². The number of rotatable bonds is 4. The summed E-state index contributed by atoms with van der Waals surface area (Å²) in [6.07, 6.45) is 2.54. The van der Waals surface area contributed by atoms with E-state index in [1.807, 2.05) is 7.05 Å². The van der Waals surface area contributed by atoms with Crippen LogP contribution < -0.4 is 10.2 Å². The number of nitrogens with one attached hydrogen (secondary N) is 1. The lowest BCUT2D eigenvalue weighted by molar-refractivity contribution is 0.826. The smallest absolute Gasteiger partial charge is 0.205 e. The van der Waals surface area contributed by atoms with Gasteiger partial charge < -0.3 is 10.2 Å². The van der Waals surface area contributed by atoms with E-state index in [9.17, 15) is 0 Å². The van der Waals surface area contributed by atoms with Crippen LogP contribution in [-0.4, -0.2) is 35.3 Å². The highest BCUT2D eigenvalue weighted by molar-refractivity contribution is 7.25. The molecule has 1 N–H and O–H groups in total. The summed E-state index contributed by atoms with van der Waals surface area (Å²) in [7, 11) is 1.87. The molecule has 0 spiro atoms. The molecule has 7 heteroatoms. The van der Waals surface area contributed by atoms with Crippen LogP contribution in [0.1, 0.15) is 38.3 Å². The van der Waals surface area contributed by atoms with Crippen molar-refractivity contribution in [1.29, 1.82) is 0 Å². The third-order valence-corrected chi connectivity index (χ3v) is 5.62. The van der Waals surface area contributed by atoms with Crippen molar-refractivity contribution in [1.82, 2.24) is 15.2 Å². The molecule has 0 unspecified atom stereocenters. The molecule has 0 bridgehead atoms. The van der Waals surface area contributed by atoms with Gasteiger partial charge in [-0.2, -0.15) is 0 Å². The molecule has 5 nitrogen and oxygen atoms in total. The quantitative estimate of drug-likeness (QED) is 0.938. The maximum absolute atomic E-state index is 4.87. The van der Waals surface area contributed by atoms with Gasteiger partial charge in [0.1, 0.15) is 0 Å². The molecule has 2 aromatic rings. The lowest BCUT2D eigenvalue weighted by Crippen LogP contribution is -2.17. The monoisotopic (exact) mass is 309 g/mol. The SMILES string of the molecule is CNc1nnc(-c2sc(N3CCCC3)nc2C(C)C)s1. The minimum absolute atomic E-state index is 0.402. The Morgan fingerprint density at radius 1 is 1.15 bits per heavy atom. The highest BCUT2D eigenvalue weighted by Gasteiger charge is 2.23. The Balaban J connectivity index is 1.99. The Morgan fingerprint density at radius 3 is 2.50 bits per heavy atom. The third-order valence-electron chi connectivity index (χ3n) is 3.40. The molecule has 1 aliphatic heterocycles. The molecule has 0 amide bonds. The normalized spacial score (nSPS) is 15.3. The lowest BCUT2D eigenvalue weighted by atomic mass is 10.1. The van der Waals surface area contributed by atoms with Gasteiger partial charge in [-0.15, -0.1) is 10.2 Å². The highest BCUT2D eigenvalue weighted by atomic mass is 32.1. The fourth-order valence-corrected chi connectivity index (χ4v) is 4.37. The van der Waals surface area contributed by atoms with Gasteiger partial charge in [-0.05, 0) is 18.8 Å². The van der Waals surface area contributed by atoms with E-state index in [-0.39, 0.29) is 0 Å². The molecule has 108 valence electrons. The Labute approximate surface area is 127 Å². The van der Waals surface area contributed by atoms with Gasteiger partial charge in [0.2, 0.25) is 5.13 Å². The Hall–Kier alpha value is -1.21. The van der Waals surface area contributed by atoms with E-state index in [0.29, 0.717) is 5.92 Å². The minimum atomic E-state index is 0.402. The highest BCUT2D eigenvalue weighted by Crippen LogP contribution is 2.40. The molecule has 0 atom stereocenters. The van der Waals surface area contributed by atoms with Crippen LogP contribution in [0, 0.1) is 0 Å².